The number of ether oxygens (including phenoxy) is 1. The van der Waals surface area contributed by atoms with E-state index in [2.05, 4.69) is 10.2 Å². The molecule has 0 aliphatic rings. The van der Waals surface area contributed by atoms with Crippen molar-refractivity contribution >= 4 is 34.3 Å². The molecule has 6 nitrogen and oxygen atoms in total. The van der Waals surface area contributed by atoms with Gasteiger partial charge in [0.2, 0.25) is 5.89 Å². The standard InChI is InChI=1S/C21H17ClN2O4S/c1-3-12-8-18-16(10-17(12)22)14(9-19(25)27-18)11-29-21-24-23-20(28-21)13-4-6-15(26-2)7-5-13/h4-10H,3,11H2,1-2H3. The lowest BCUT2D eigenvalue weighted by atomic mass is 10.1. The topological polar surface area (TPSA) is 78.4 Å². The van der Waals surface area contributed by atoms with Crippen molar-refractivity contribution in [1.29, 1.82) is 0 Å². The summed E-state index contributed by atoms with van der Waals surface area (Å²) < 4.78 is 16.2. The van der Waals surface area contributed by atoms with Crippen LogP contribution in [0.1, 0.15) is 18.1 Å². The normalized spacial score (nSPS) is 11.1. The fourth-order valence-corrected chi connectivity index (χ4v) is 3.99. The SMILES string of the molecule is CCc1cc2oc(=O)cc(CSc3nnc(-c4ccc(OC)cc4)o3)c2cc1Cl. The monoisotopic (exact) mass is 428 g/mol. The van der Waals surface area contributed by atoms with Crippen LogP contribution in [0.2, 0.25) is 5.02 Å². The second-order valence-electron chi connectivity index (χ2n) is 6.27. The Morgan fingerprint density at radius 1 is 1.07 bits per heavy atom. The number of aromatic nitrogens is 2. The molecule has 4 aromatic rings. The van der Waals surface area contributed by atoms with Crippen molar-refractivity contribution in [2.75, 3.05) is 7.11 Å². The minimum absolute atomic E-state index is 0.401. The van der Waals surface area contributed by atoms with Gasteiger partial charge in [-0.2, -0.15) is 0 Å². The number of hydrogen-bond donors (Lipinski definition) is 0. The molecule has 0 amide bonds. The van der Waals surface area contributed by atoms with Crippen molar-refractivity contribution in [3.05, 3.63) is 69.0 Å². The van der Waals surface area contributed by atoms with E-state index in [1.165, 1.54) is 17.8 Å². The summed E-state index contributed by atoms with van der Waals surface area (Å²) in [5, 5.41) is 10.0. The average molecular weight is 429 g/mol. The van der Waals surface area contributed by atoms with Gasteiger partial charge in [0.05, 0.1) is 7.11 Å². The summed E-state index contributed by atoms with van der Waals surface area (Å²) >= 11 is 7.70. The number of hydrogen-bond acceptors (Lipinski definition) is 7. The molecule has 0 spiro atoms. The van der Waals surface area contributed by atoms with Crippen LogP contribution in [-0.4, -0.2) is 17.3 Å². The third-order valence-corrected chi connectivity index (χ3v) is 5.69. The lowest BCUT2D eigenvalue weighted by Gasteiger charge is -2.07. The highest BCUT2D eigenvalue weighted by Crippen LogP contribution is 2.31. The smallest absolute Gasteiger partial charge is 0.336 e. The van der Waals surface area contributed by atoms with Gasteiger partial charge in [0.15, 0.2) is 0 Å². The van der Waals surface area contributed by atoms with Crippen molar-refractivity contribution in [3.63, 3.8) is 0 Å². The third kappa shape index (κ3) is 4.16. The quantitative estimate of drug-likeness (QED) is 0.302. The summed E-state index contributed by atoms with van der Waals surface area (Å²) in [5.41, 5.74) is 2.67. The summed E-state index contributed by atoms with van der Waals surface area (Å²) in [7, 11) is 1.61. The molecule has 0 fully saturated rings. The highest BCUT2D eigenvalue weighted by molar-refractivity contribution is 7.98. The Kier molecular flexibility index (Phi) is 5.60. The number of methoxy groups -OCH3 is 1. The van der Waals surface area contributed by atoms with Crippen LogP contribution < -0.4 is 10.4 Å². The number of halogens is 1. The summed E-state index contributed by atoms with van der Waals surface area (Å²) in [6.45, 7) is 2.00. The lowest BCUT2D eigenvalue weighted by Crippen LogP contribution is -2.00. The Morgan fingerprint density at radius 2 is 1.86 bits per heavy atom. The maximum absolute atomic E-state index is 12.0. The molecule has 0 radical (unpaired) electrons. The molecule has 0 saturated heterocycles. The van der Waals surface area contributed by atoms with E-state index in [1.807, 2.05) is 43.3 Å². The first kappa shape index (κ1) is 19.5. The van der Waals surface area contributed by atoms with Crippen molar-refractivity contribution in [1.82, 2.24) is 10.2 Å². The number of thioether (sulfide) groups is 1. The maximum atomic E-state index is 12.0. The first-order valence-electron chi connectivity index (χ1n) is 8.93. The minimum atomic E-state index is -0.401. The van der Waals surface area contributed by atoms with Crippen molar-refractivity contribution in [2.45, 2.75) is 24.3 Å². The molecule has 0 atom stereocenters. The van der Waals surface area contributed by atoms with Crippen molar-refractivity contribution in [2.24, 2.45) is 0 Å². The molecule has 0 aliphatic carbocycles. The number of nitrogens with zero attached hydrogens (tertiary/aromatic N) is 2. The lowest BCUT2D eigenvalue weighted by molar-refractivity contribution is 0.414. The molecule has 0 aliphatic heterocycles. The van der Waals surface area contributed by atoms with Gasteiger partial charge >= 0.3 is 5.63 Å². The minimum Gasteiger partial charge on any atom is -0.497 e. The van der Waals surface area contributed by atoms with E-state index in [0.29, 0.717) is 27.5 Å². The molecule has 0 unspecified atom stereocenters. The molecule has 4 rings (SSSR count). The van der Waals surface area contributed by atoms with Crippen LogP contribution in [0.4, 0.5) is 0 Å². The molecule has 2 aromatic heterocycles. The Balaban J connectivity index is 1.57. The summed E-state index contributed by atoms with van der Waals surface area (Å²) in [5.74, 6) is 1.64. The molecule has 148 valence electrons. The van der Waals surface area contributed by atoms with Crippen LogP contribution in [0.3, 0.4) is 0 Å². The van der Waals surface area contributed by atoms with Gasteiger partial charge in [-0.1, -0.05) is 30.3 Å². The number of rotatable bonds is 6. The van der Waals surface area contributed by atoms with E-state index >= 15 is 0 Å². The van der Waals surface area contributed by atoms with Gasteiger partial charge in [0.1, 0.15) is 11.3 Å². The molecule has 0 N–H and O–H groups in total. The zero-order valence-corrected chi connectivity index (χ0v) is 17.3. The first-order chi connectivity index (χ1) is 14.1. The van der Waals surface area contributed by atoms with E-state index in [1.54, 1.807) is 7.11 Å². The Hall–Kier alpha value is -2.77. The Bertz CT molecular complexity index is 1220. The van der Waals surface area contributed by atoms with Crippen molar-refractivity contribution in [3.8, 4) is 17.2 Å². The Morgan fingerprint density at radius 3 is 2.59 bits per heavy atom. The average Bonchev–Trinajstić information content (AvgIpc) is 3.21. The summed E-state index contributed by atoms with van der Waals surface area (Å²) in [6, 6.07) is 12.5. The van der Waals surface area contributed by atoms with Gasteiger partial charge in [-0.05, 0) is 53.9 Å². The van der Waals surface area contributed by atoms with E-state index in [9.17, 15) is 4.79 Å². The Labute approximate surface area is 175 Å². The van der Waals surface area contributed by atoms with Gasteiger partial charge < -0.3 is 13.6 Å². The fourth-order valence-electron chi connectivity index (χ4n) is 2.94. The zero-order valence-electron chi connectivity index (χ0n) is 15.8. The highest BCUT2D eigenvalue weighted by atomic mass is 35.5. The van der Waals surface area contributed by atoms with Gasteiger partial charge in [0, 0.05) is 27.8 Å². The molecule has 29 heavy (non-hydrogen) atoms. The second-order valence-corrected chi connectivity index (χ2v) is 7.61. The van der Waals surface area contributed by atoms with E-state index < -0.39 is 5.63 Å². The molecule has 0 saturated carbocycles. The van der Waals surface area contributed by atoms with E-state index in [0.717, 1.165) is 34.2 Å². The predicted molar refractivity (Wildman–Crippen MR) is 113 cm³/mol. The maximum Gasteiger partial charge on any atom is 0.336 e. The van der Waals surface area contributed by atoms with E-state index in [4.69, 9.17) is 25.2 Å². The summed E-state index contributed by atoms with van der Waals surface area (Å²) in [6.07, 6.45) is 0.758. The summed E-state index contributed by atoms with van der Waals surface area (Å²) in [4.78, 5) is 12.0. The van der Waals surface area contributed by atoms with Gasteiger partial charge in [0.25, 0.3) is 5.22 Å². The molecule has 2 heterocycles. The van der Waals surface area contributed by atoms with E-state index in [-0.39, 0.29) is 0 Å². The second kappa shape index (κ2) is 8.31. The van der Waals surface area contributed by atoms with Crippen LogP contribution in [0.25, 0.3) is 22.4 Å². The third-order valence-electron chi connectivity index (χ3n) is 4.47. The number of aryl methyl sites for hydroxylation is 1. The van der Waals surface area contributed by atoms with Crippen LogP contribution >= 0.6 is 23.4 Å². The number of fused-ring (bicyclic) bond motifs is 1. The molecule has 8 heteroatoms. The van der Waals surface area contributed by atoms with Gasteiger partial charge in [-0.25, -0.2) is 4.79 Å². The molecule has 0 bridgehead atoms. The van der Waals surface area contributed by atoms with Crippen LogP contribution in [0, 0.1) is 0 Å². The van der Waals surface area contributed by atoms with Crippen LogP contribution in [0.5, 0.6) is 5.75 Å². The highest BCUT2D eigenvalue weighted by Gasteiger charge is 2.13. The van der Waals surface area contributed by atoms with Crippen LogP contribution in [-0.2, 0) is 12.2 Å². The molecular weight excluding hydrogens is 412 g/mol. The van der Waals surface area contributed by atoms with Crippen LogP contribution in [0.15, 0.2) is 61.3 Å². The van der Waals surface area contributed by atoms with Crippen molar-refractivity contribution < 1.29 is 13.6 Å². The predicted octanol–water partition coefficient (Wildman–Crippen LogP) is 5.36. The zero-order chi connectivity index (χ0) is 20.4. The largest absolute Gasteiger partial charge is 0.497 e. The fraction of sp³-hybridized carbons (Fsp3) is 0.190. The first-order valence-corrected chi connectivity index (χ1v) is 10.3. The van der Waals surface area contributed by atoms with Gasteiger partial charge in [-0.3, -0.25) is 0 Å². The number of benzene rings is 2. The molecule has 2 aromatic carbocycles. The van der Waals surface area contributed by atoms with Gasteiger partial charge in [-0.15, -0.1) is 10.2 Å². The molecular formula is C21H17ClN2O4S.